The molecule has 3 nitrogen and oxygen atoms in total. The Morgan fingerprint density at radius 2 is 2.22 bits per heavy atom. The van der Waals surface area contributed by atoms with Crippen LogP contribution in [0.4, 0.5) is 0 Å². The lowest BCUT2D eigenvalue weighted by Crippen LogP contribution is -2.35. The number of rotatable bonds is 7. The molecule has 2 fully saturated rings. The van der Waals surface area contributed by atoms with Gasteiger partial charge in [0.15, 0.2) is 0 Å². The van der Waals surface area contributed by atoms with E-state index in [9.17, 15) is 0 Å². The standard InChI is InChI=1S/C15H30N2O/c1-2-15-13(8-11-18-15)12-16-9-5-7-14-6-3-4-10-17-14/h13-17H,2-12H2,1H3. The molecular weight excluding hydrogens is 224 g/mol. The monoisotopic (exact) mass is 254 g/mol. The van der Waals surface area contributed by atoms with Crippen molar-refractivity contribution in [1.82, 2.24) is 10.6 Å². The molecule has 0 bridgehead atoms. The van der Waals surface area contributed by atoms with Crippen LogP contribution in [-0.2, 0) is 4.74 Å². The SMILES string of the molecule is CCC1OCCC1CNCCCC1CCCCN1. The average molecular weight is 254 g/mol. The molecule has 2 N–H and O–H groups in total. The lowest BCUT2D eigenvalue weighted by atomic mass is 9.99. The van der Waals surface area contributed by atoms with E-state index in [1.54, 1.807) is 0 Å². The summed E-state index contributed by atoms with van der Waals surface area (Å²) in [6, 6.07) is 0.791. The number of ether oxygens (including phenoxy) is 1. The lowest BCUT2D eigenvalue weighted by molar-refractivity contribution is 0.0873. The summed E-state index contributed by atoms with van der Waals surface area (Å²) in [5.74, 6) is 0.753. The molecule has 0 aromatic rings. The summed E-state index contributed by atoms with van der Waals surface area (Å²) >= 11 is 0. The maximum Gasteiger partial charge on any atom is 0.0613 e. The second-order valence-electron chi connectivity index (χ2n) is 5.86. The third-order valence-electron chi connectivity index (χ3n) is 4.47. The van der Waals surface area contributed by atoms with Crippen molar-refractivity contribution in [1.29, 1.82) is 0 Å². The van der Waals surface area contributed by atoms with Gasteiger partial charge < -0.3 is 15.4 Å². The van der Waals surface area contributed by atoms with Gasteiger partial charge in [0.2, 0.25) is 0 Å². The van der Waals surface area contributed by atoms with Crippen molar-refractivity contribution >= 4 is 0 Å². The van der Waals surface area contributed by atoms with Gasteiger partial charge in [0.25, 0.3) is 0 Å². The highest BCUT2D eigenvalue weighted by Gasteiger charge is 2.25. The molecule has 3 heteroatoms. The third kappa shape index (κ3) is 4.52. The van der Waals surface area contributed by atoms with Crippen molar-refractivity contribution in [3.63, 3.8) is 0 Å². The van der Waals surface area contributed by atoms with Crippen LogP contribution in [0.5, 0.6) is 0 Å². The van der Waals surface area contributed by atoms with Crippen molar-refractivity contribution in [2.24, 2.45) is 5.92 Å². The predicted molar refractivity (Wildman–Crippen MR) is 75.9 cm³/mol. The van der Waals surface area contributed by atoms with E-state index in [1.165, 1.54) is 58.0 Å². The largest absolute Gasteiger partial charge is 0.378 e. The van der Waals surface area contributed by atoms with Crippen LogP contribution >= 0.6 is 0 Å². The molecule has 0 saturated carbocycles. The molecule has 0 aromatic carbocycles. The minimum Gasteiger partial charge on any atom is -0.378 e. The van der Waals surface area contributed by atoms with E-state index >= 15 is 0 Å². The van der Waals surface area contributed by atoms with Crippen molar-refractivity contribution in [3.05, 3.63) is 0 Å². The highest BCUT2D eigenvalue weighted by Crippen LogP contribution is 2.22. The minimum absolute atomic E-state index is 0.512. The third-order valence-corrected chi connectivity index (χ3v) is 4.47. The fourth-order valence-corrected chi connectivity index (χ4v) is 3.31. The van der Waals surface area contributed by atoms with Gasteiger partial charge in [0, 0.05) is 19.2 Å². The first-order valence-corrected chi connectivity index (χ1v) is 7.96. The maximum atomic E-state index is 5.72. The zero-order valence-corrected chi connectivity index (χ0v) is 11.9. The molecule has 2 rings (SSSR count). The van der Waals surface area contributed by atoms with Gasteiger partial charge in [-0.2, -0.15) is 0 Å². The highest BCUT2D eigenvalue weighted by molar-refractivity contribution is 4.77. The van der Waals surface area contributed by atoms with Crippen LogP contribution in [0.15, 0.2) is 0 Å². The van der Waals surface area contributed by atoms with Crippen molar-refractivity contribution in [2.75, 3.05) is 26.2 Å². The van der Waals surface area contributed by atoms with E-state index in [1.807, 2.05) is 0 Å². The lowest BCUT2D eigenvalue weighted by Gasteiger charge is -2.23. The Bertz CT molecular complexity index is 217. The first kappa shape index (κ1) is 14.3. The van der Waals surface area contributed by atoms with E-state index in [2.05, 4.69) is 17.6 Å². The van der Waals surface area contributed by atoms with Gasteiger partial charge in [-0.15, -0.1) is 0 Å². The van der Waals surface area contributed by atoms with E-state index in [0.717, 1.165) is 25.1 Å². The van der Waals surface area contributed by atoms with E-state index in [-0.39, 0.29) is 0 Å². The van der Waals surface area contributed by atoms with Crippen molar-refractivity contribution in [2.45, 2.75) is 64.0 Å². The molecule has 2 heterocycles. The Labute approximate surface area is 112 Å². The van der Waals surface area contributed by atoms with Gasteiger partial charge in [-0.3, -0.25) is 0 Å². The molecule has 2 aliphatic heterocycles. The summed E-state index contributed by atoms with van der Waals surface area (Å²) < 4.78 is 5.72. The molecule has 3 atom stereocenters. The first-order valence-electron chi connectivity index (χ1n) is 7.96. The smallest absolute Gasteiger partial charge is 0.0613 e. The first-order chi connectivity index (χ1) is 8.90. The van der Waals surface area contributed by atoms with E-state index < -0.39 is 0 Å². The molecule has 0 aromatic heterocycles. The van der Waals surface area contributed by atoms with E-state index in [4.69, 9.17) is 4.74 Å². The van der Waals surface area contributed by atoms with Gasteiger partial charge in [0.05, 0.1) is 6.10 Å². The molecular formula is C15H30N2O. The van der Waals surface area contributed by atoms with Gasteiger partial charge in [-0.1, -0.05) is 13.3 Å². The zero-order valence-electron chi connectivity index (χ0n) is 11.9. The summed E-state index contributed by atoms with van der Waals surface area (Å²) in [7, 11) is 0. The molecule has 0 aliphatic carbocycles. The topological polar surface area (TPSA) is 33.3 Å². The second-order valence-corrected chi connectivity index (χ2v) is 5.86. The van der Waals surface area contributed by atoms with Crippen LogP contribution in [0.1, 0.15) is 51.9 Å². The Morgan fingerprint density at radius 3 is 3.00 bits per heavy atom. The Hall–Kier alpha value is -0.120. The summed E-state index contributed by atoms with van der Waals surface area (Å²) in [6.45, 7) is 6.76. The molecule has 106 valence electrons. The van der Waals surface area contributed by atoms with Gasteiger partial charge in [-0.25, -0.2) is 0 Å². The predicted octanol–water partition coefficient (Wildman–Crippen LogP) is 2.31. The molecule has 0 amide bonds. The normalized spacial score (nSPS) is 32.8. The zero-order chi connectivity index (χ0) is 12.6. The number of hydrogen-bond donors (Lipinski definition) is 2. The summed E-state index contributed by atoms with van der Waals surface area (Å²) in [5, 5.41) is 7.24. The highest BCUT2D eigenvalue weighted by atomic mass is 16.5. The van der Waals surface area contributed by atoms with Crippen molar-refractivity contribution in [3.8, 4) is 0 Å². The quantitative estimate of drug-likeness (QED) is 0.684. The van der Waals surface area contributed by atoms with Crippen LogP contribution in [-0.4, -0.2) is 38.4 Å². The van der Waals surface area contributed by atoms with Gasteiger partial charge in [0.1, 0.15) is 0 Å². The second kappa shape index (κ2) is 8.13. The van der Waals surface area contributed by atoms with Crippen LogP contribution in [0.3, 0.4) is 0 Å². The van der Waals surface area contributed by atoms with Crippen LogP contribution < -0.4 is 10.6 Å². The van der Waals surface area contributed by atoms with Crippen LogP contribution in [0.25, 0.3) is 0 Å². The molecule has 2 aliphatic rings. The molecule has 18 heavy (non-hydrogen) atoms. The summed E-state index contributed by atoms with van der Waals surface area (Å²) in [4.78, 5) is 0. The summed E-state index contributed by atoms with van der Waals surface area (Å²) in [6.07, 6.45) is 9.74. The average Bonchev–Trinajstić information content (AvgIpc) is 2.87. The van der Waals surface area contributed by atoms with Gasteiger partial charge in [-0.05, 0) is 57.5 Å². The Morgan fingerprint density at radius 1 is 1.28 bits per heavy atom. The molecule has 3 unspecified atom stereocenters. The molecule has 0 spiro atoms. The van der Waals surface area contributed by atoms with E-state index in [0.29, 0.717) is 6.10 Å². The Balaban J connectivity index is 1.48. The fraction of sp³-hybridized carbons (Fsp3) is 1.00. The minimum atomic E-state index is 0.512. The maximum absolute atomic E-state index is 5.72. The van der Waals surface area contributed by atoms with Crippen LogP contribution in [0, 0.1) is 5.92 Å². The number of nitrogens with one attached hydrogen (secondary N) is 2. The van der Waals surface area contributed by atoms with Crippen molar-refractivity contribution < 1.29 is 4.74 Å². The molecule has 0 radical (unpaired) electrons. The van der Waals surface area contributed by atoms with Crippen LogP contribution in [0.2, 0.25) is 0 Å². The Kier molecular flexibility index (Phi) is 6.46. The molecule has 2 saturated heterocycles. The van der Waals surface area contributed by atoms with Gasteiger partial charge >= 0.3 is 0 Å². The fourth-order valence-electron chi connectivity index (χ4n) is 3.31. The summed E-state index contributed by atoms with van der Waals surface area (Å²) in [5.41, 5.74) is 0. The number of hydrogen-bond acceptors (Lipinski definition) is 3. The number of piperidine rings is 1.